The van der Waals surface area contributed by atoms with Crippen LogP contribution in [0.25, 0.3) is 0 Å². The number of rotatable bonds is 1. The normalized spacial score (nSPS) is 11.2. The van der Waals surface area contributed by atoms with Crippen LogP contribution in [0.1, 0.15) is 13.8 Å². The van der Waals surface area contributed by atoms with Gasteiger partial charge >= 0.3 is 12.1 Å². The van der Waals surface area contributed by atoms with Crippen LogP contribution in [0.15, 0.2) is 4.99 Å². The van der Waals surface area contributed by atoms with Crippen LogP contribution in [-0.2, 0) is 0 Å². The van der Waals surface area contributed by atoms with Crippen molar-refractivity contribution in [3.05, 3.63) is 0 Å². The van der Waals surface area contributed by atoms with Crippen molar-refractivity contribution < 1.29 is 9.59 Å². The quantitative estimate of drug-likeness (QED) is 0.537. The largest absolute Gasteiger partial charge is 0.345 e. The summed E-state index contributed by atoms with van der Waals surface area (Å²) in [7, 11) is 3.19. The van der Waals surface area contributed by atoms with Gasteiger partial charge in [0.25, 0.3) is 0 Å². The number of hydrogen-bond donors (Lipinski definition) is 2. The van der Waals surface area contributed by atoms with Crippen molar-refractivity contribution in [3.8, 4) is 0 Å². The lowest BCUT2D eigenvalue weighted by Gasteiger charge is -2.11. The van der Waals surface area contributed by atoms with Gasteiger partial charge in [-0.25, -0.2) is 9.59 Å². The van der Waals surface area contributed by atoms with E-state index in [1.54, 1.807) is 20.4 Å². The van der Waals surface area contributed by atoms with Gasteiger partial charge in [-0.05, 0) is 20.1 Å². The summed E-state index contributed by atoms with van der Waals surface area (Å²) in [6.45, 7) is 3.70. The molecule has 0 aromatic rings. The first kappa shape index (κ1) is 14.8. The van der Waals surface area contributed by atoms with E-state index in [-0.39, 0.29) is 17.2 Å². The van der Waals surface area contributed by atoms with Crippen LogP contribution >= 0.6 is 11.8 Å². The third kappa shape index (κ3) is 6.28. The van der Waals surface area contributed by atoms with Crippen molar-refractivity contribution in [3.63, 3.8) is 0 Å². The van der Waals surface area contributed by atoms with Crippen molar-refractivity contribution in [2.45, 2.75) is 19.9 Å². The molecule has 0 unspecified atom stereocenters. The van der Waals surface area contributed by atoms with Gasteiger partial charge in [-0.15, -0.1) is 0 Å². The lowest BCUT2D eigenvalue weighted by atomic mass is 10.4. The summed E-state index contributed by atoms with van der Waals surface area (Å²) in [4.78, 5) is 27.7. The van der Waals surface area contributed by atoms with Gasteiger partial charge in [-0.2, -0.15) is 4.99 Å². The Morgan fingerprint density at radius 1 is 1.31 bits per heavy atom. The van der Waals surface area contributed by atoms with Crippen LogP contribution in [0, 0.1) is 0 Å². The Hall–Kier alpha value is -1.24. The first-order chi connectivity index (χ1) is 7.36. The van der Waals surface area contributed by atoms with Crippen LogP contribution in [0.2, 0.25) is 0 Å². The summed E-state index contributed by atoms with van der Waals surface area (Å²) in [5, 5.41) is 5.41. The highest BCUT2D eigenvalue weighted by molar-refractivity contribution is 8.13. The van der Waals surface area contributed by atoms with Gasteiger partial charge in [0.1, 0.15) is 0 Å². The molecule has 0 rings (SSSR count). The van der Waals surface area contributed by atoms with Crippen molar-refractivity contribution in [1.82, 2.24) is 15.5 Å². The van der Waals surface area contributed by atoms with Crippen LogP contribution in [-0.4, -0.2) is 48.5 Å². The molecule has 16 heavy (non-hydrogen) atoms. The van der Waals surface area contributed by atoms with E-state index in [0.29, 0.717) is 0 Å². The molecule has 0 bridgehead atoms. The number of aliphatic imine (C=N–C) groups is 1. The molecule has 0 heterocycles. The molecular weight excluding hydrogens is 228 g/mol. The molecule has 0 fully saturated rings. The van der Waals surface area contributed by atoms with Crippen molar-refractivity contribution in [2.24, 2.45) is 4.99 Å². The number of nitrogens with one attached hydrogen (secondary N) is 2. The number of carbonyl (C=O) groups is 2. The highest BCUT2D eigenvalue weighted by Gasteiger charge is 2.09. The molecule has 0 aromatic heterocycles. The maximum Gasteiger partial charge on any atom is 0.345 e. The fraction of sp³-hybridized carbons (Fsp3) is 0.667. The van der Waals surface area contributed by atoms with Gasteiger partial charge < -0.3 is 10.2 Å². The van der Waals surface area contributed by atoms with Crippen molar-refractivity contribution >= 4 is 29.0 Å². The molecule has 0 saturated carbocycles. The molecule has 0 spiro atoms. The molecule has 7 heteroatoms. The highest BCUT2D eigenvalue weighted by atomic mass is 32.2. The Morgan fingerprint density at radius 2 is 1.88 bits per heavy atom. The van der Waals surface area contributed by atoms with E-state index in [9.17, 15) is 9.59 Å². The van der Waals surface area contributed by atoms with Crippen LogP contribution < -0.4 is 10.6 Å². The SMILES string of the molecule is CSC(=NC(=O)N(C)C)NC(=O)NC(C)C. The molecule has 0 aliphatic heterocycles. The second-order valence-corrected chi connectivity index (χ2v) is 4.35. The lowest BCUT2D eigenvalue weighted by molar-refractivity contribution is 0.227. The second-order valence-electron chi connectivity index (χ2n) is 3.55. The minimum absolute atomic E-state index is 0.0349. The second kappa shape index (κ2) is 7.10. The standard InChI is InChI=1S/C9H18N4O2S/c1-6(2)10-7(14)11-8(16-5)12-9(15)13(3)4/h6H,1-5H3,(H2,10,11,12,14,15). The average Bonchev–Trinajstić information content (AvgIpc) is 2.14. The lowest BCUT2D eigenvalue weighted by Crippen LogP contribution is -2.42. The Labute approximate surface area is 99.9 Å². The molecule has 0 atom stereocenters. The summed E-state index contributed by atoms with van der Waals surface area (Å²) in [5.41, 5.74) is 0. The molecule has 0 aliphatic rings. The molecule has 92 valence electrons. The predicted molar refractivity (Wildman–Crippen MR) is 66.8 cm³/mol. The number of carbonyl (C=O) groups excluding carboxylic acids is 2. The van der Waals surface area contributed by atoms with Gasteiger partial charge in [0.2, 0.25) is 0 Å². The minimum Gasteiger partial charge on any atom is -0.336 e. The predicted octanol–water partition coefficient (Wildman–Crippen LogP) is 1.09. The topological polar surface area (TPSA) is 73.8 Å². The summed E-state index contributed by atoms with van der Waals surface area (Å²) in [6, 6.07) is -0.739. The average molecular weight is 246 g/mol. The number of nitrogens with zero attached hydrogens (tertiary/aromatic N) is 2. The molecule has 0 radical (unpaired) electrons. The number of amidine groups is 1. The highest BCUT2D eigenvalue weighted by Crippen LogP contribution is 1.97. The molecule has 4 amide bonds. The fourth-order valence-electron chi connectivity index (χ4n) is 0.707. The van der Waals surface area contributed by atoms with E-state index in [1.165, 1.54) is 16.7 Å². The van der Waals surface area contributed by atoms with E-state index < -0.39 is 6.03 Å². The van der Waals surface area contributed by atoms with E-state index >= 15 is 0 Å². The van der Waals surface area contributed by atoms with Gasteiger partial charge in [-0.3, -0.25) is 5.32 Å². The Balaban J connectivity index is 4.40. The van der Waals surface area contributed by atoms with Crippen LogP contribution in [0.5, 0.6) is 0 Å². The smallest absolute Gasteiger partial charge is 0.336 e. The van der Waals surface area contributed by atoms with E-state index in [2.05, 4.69) is 15.6 Å². The summed E-state index contributed by atoms with van der Waals surface area (Å²) in [6.07, 6.45) is 1.73. The zero-order valence-electron chi connectivity index (χ0n) is 10.2. The molecule has 0 aromatic carbocycles. The van der Waals surface area contributed by atoms with Crippen LogP contribution in [0.4, 0.5) is 9.59 Å². The van der Waals surface area contributed by atoms with Gasteiger partial charge in [0.05, 0.1) is 0 Å². The monoisotopic (exact) mass is 246 g/mol. The van der Waals surface area contributed by atoms with E-state index in [1.807, 2.05) is 13.8 Å². The van der Waals surface area contributed by atoms with Gasteiger partial charge in [-0.1, -0.05) is 11.8 Å². The summed E-state index contributed by atoms with van der Waals surface area (Å²) >= 11 is 1.20. The molecule has 0 aliphatic carbocycles. The summed E-state index contributed by atoms with van der Waals surface area (Å²) < 4.78 is 0. The van der Waals surface area contributed by atoms with Gasteiger partial charge in [0.15, 0.2) is 5.17 Å². The molecule has 2 N–H and O–H groups in total. The maximum atomic E-state index is 11.3. The van der Waals surface area contributed by atoms with Crippen LogP contribution in [0.3, 0.4) is 0 Å². The zero-order chi connectivity index (χ0) is 12.7. The van der Waals surface area contributed by atoms with E-state index in [4.69, 9.17) is 0 Å². The summed E-state index contributed by atoms with van der Waals surface area (Å²) in [5.74, 6) is 0. The zero-order valence-corrected chi connectivity index (χ0v) is 11.0. The molecule has 0 saturated heterocycles. The first-order valence-electron chi connectivity index (χ1n) is 4.78. The number of amides is 4. The fourth-order valence-corrected chi connectivity index (χ4v) is 1.07. The number of urea groups is 2. The number of hydrogen-bond acceptors (Lipinski definition) is 3. The Kier molecular flexibility index (Phi) is 6.55. The minimum atomic E-state index is -0.408. The van der Waals surface area contributed by atoms with E-state index in [0.717, 1.165) is 0 Å². The molecule has 6 nitrogen and oxygen atoms in total. The third-order valence-electron chi connectivity index (χ3n) is 1.41. The van der Waals surface area contributed by atoms with Crippen molar-refractivity contribution in [2.75, 3.05) is 20.4 Å². The first-order valence-corrected chi connectivity index (χ1v) is 6.00. The Morgan fingerprint density at radius 3 is 2.25 bits per heavy atom. The Bertz CT molecular complexity index is 289. The maximum absolute atomic E-state index is 11.3. The molecular formula is C9H18N4O2S. The third-order valence-corrected chi connectivity index (χ3v) is 1.99. The number of thioether (sulfide) groups is 1. The van der Waals surface area contributed by atoms with Gasteiger partial charge in [0, 0.05) is 20.1 Å². The van der Waals surface area contributed by atoms with Crippen molar-refractivity contribution in [1.29, 1.82) is 0 Å².